The Hall–Kier alpha value is -3.55. The number of rotatable bonds is 14. The number of sulfonamides is 1. The van der Waals surface area contributed by atoms with E-state index in [-0.39, 0.29) is 36.7 Å². The standard InChI is InChI=1S/C36H40N2O7S2/c1-25-7-17-32(18-8-25)47(42,43)38-33(21-26-5-3-2-4-6-26)35(41)37-30-15-13-29(14-16-30)36-44-31(24-46-20-19-39)22-34(45-36)28-11-9-27(23-40)10-12-28/h2-18,31,33-34,36,38-40H,19-24H2,1H3,(H,37,41)/t31-,33+,34+,36+/m0/s1. The number of thioether (sulfide) groups is 1. The van der Waals surface area contributed by atoms with Crippen LogP contribution in [-0.2, 0) is 37.3 Å². The van der Waals surface area contributed by atoms with E-state index in [0.29, 0.717) is 23.6 Å². The Morgan fingerprint density at radius 3 is 2.21 bits per heavy atom. The first-order valence-corrected chi connectivity index (χ1v) is 18.1. The second kappa shape index (κ2) is 16.5. The summed E-state index contributed by atoms with van der Waals surface area (Å²) in [5.41, 5.74) is 4.80. The molecule has 1 saturated heterocycles. The molecule has 4 N–H and O–H groups in total. The van der Waals surface area contributed by atoms with Crippen LogP contribution >= 0.6 is 11.8 Å². The SMILES string of the molecule is Cc1ccc(S(=O)(=O)N[C@H](Cc2ccccc2)C(=O)Nc2ccc([C@@H]3O[C@H](CSCCO)C[C@H](c4ccc(CO)cc4)O3)cc2)cc1. The molecule has 0 saturated carbocycles. The zero-order valence-corrected chi connectivity index (χ0v) is 27.8. The average Bonchev–Trinajstić information content (AvgIpc) is 3.09. The van der Waals surface area contributed by atoms with Gasteiger partial charge in [-0.15, -0.1) is 0 Å². The number of aryl methyl sites for hydroxylation is 1. The molecular weight excluding hydrogens is 637 g/mol. The fourth-order valence-corrected chi connectivity index (χ4v) is 7.23. The van der Waals surface area contributed by atoms with E-state index in [1.807, 2.05) is 73.7 Å². The molecule has 0 bridgehead atoms. The van der Waals surface area contributed by atoms with Crippen molar-refractivity contribution in [3.8, 4) is 0 Å². The van der Waals surface area contributed by atoms with Crippen LogP contribution in [0.25, 0.3) is 0 Å². The lowest BCUT2D eigenvalue weighted by molar-refractivity contribution is -0.245. The topological polar surface area (TPSA) is 134 Å². The third-order valence-corrected chi connectivity index (χ3v) is 10.4. The van der Waals surface area contributed by atoms with Crippen molar-refractivity contribution in [3.63, 3.8) is 0 Å². The molecule has 1 aliphatic rings. The number of hydrogen-bond acceptors (Lipinski definition) is 8. The predicted octanol–water partition coefficient (Wildman–Crippen LogP) is 5.29. The molecule has 0 radical (unpaired) electrons. The third kappa shape index (κ3) is 9.74. The van der Waals surface area contributed by atoms with Gasteiger partial charge in [0.25, 0.3) is 0 Å². The van der Waals surface area contributed by atoms with Crippen LogP contribution in [0, 0.1) is 6.92 Å². The lowest BCUT2D eigenvalue weighted by Crippen LogP contribution is -2.45. The van der Waals surface area contributed by atoms with Gasteiger partial charge >= 0.3 is 0 Å². The zero-order chi connectivity index (χ0) is 33.2. The summed E-state index contributed by atoms with van der Waals surface area (Å²) >= 11 is 1.62. The van der Waals surface area contributed by atoms with Gasteiger partial charge in [-0.2, -0.15) is 16.5 Å². The molecule has 4 aromatic carbocycles. The van der Waals surface area contributed by atoms with Gasteiger partial charge in [0, 0.05) is 29.2 Å². The Morgan fingerprint density at radius 2 is 1.55 bits per heavy atom. The van der Waals surface area contributed by atoms with Crippen LogP contribution in [0.2, 0.25) is 0 Å². The first-order valence-electron chi connectivity index (χ1n) is 15.5. The number of aliphatic hydroxyl groups excluding tert-OH is 2. The molecule has 0 spiro atoms. The highest BCUT2D eigenvalue weighted by atomic mass is 32.2. The molecule has 4 aromatic rings. The van der Waals surface area contributed by atoms with Gasteiger partial charge in [-0.3, -0.25) is 4.79 Å². The molecule has 0 aromatic heterocycles. The molecule has 0 unspecified atom stereocenters. The van der Waals surface area contributed by atoms with E-state index in [0.717, 1.165) is 27.8 Å². The van der Waals surface area contributed by atoms with Crippen molar-refractivity contribution in [2.45, 2.75) is 55.8 Å². The molecule has 1 aliphatic heterocycles. The summed E-state index contributed by atoms with van der Waals surface area (Å²) in [5, 5.41) is 21.6. The van der Waals surface area contributed by atoms with Gasteiger partial charge < -0.3 is 25.0 Å². The van der Waals surface area contributed by atoms with Crippen LogP contribution < -0.4 is 10.0 Å². The Bertz CT molecular complexity index is 1680. The van der Waals surface area contributed by atoms with Gasteiger partial charge in [-0.1, -0.05) is 84.4 Å². The summed E-state index contributed by atoms with van der Waals surface area (Å²) < 4.78 is 41.8. The van der Waals surface area contributed by atoms with Crippen molar-refractivity contribution >= 4 is 33.4 Å². The maximum atomic E-state index is 13.6. The Balaban J connectivity index is 1.31. The molecule has 1 heterocycles. The smallest absolute Gasteiger partial charge is 0.242 e. The number of carbonyl (C=O) groups is 1. The van der Waals surface area contributed by atoms with Gasteiger partial charge in [0.05, 0.1) is 30.3 Å². The van der Waals surface area contributed by atoms with Gasteiger partial charge in [0.2, 0.25) is 15.9 Å². The van der Waals surface area contributed by atoms with E-state index in [9.17, 15) is 23.4 Å². The first-order chi connectivity index (χ1) is 22.7. The molecule has 248 valence electrons. The Kier molecular flexibility index (Phi) is 12.2. The maximum Gasteiger partial charge on any atom is 0.242 e. The summed E-state index contributed by atoms with van der Waals surface area (Å²) in [5.74, 6) is 0.818. The summed E-state index contributed by atoms with van der Waals surface area (Å²) in [6.45, 7) is 1.93. The number of amides is 1. The molecule has 9 nitrogen and oxygen atoms in total. The highest BCUT2D eigenvalue weighted by Crippen LogP contribution is 2.39. The second-order valence-electron chi connectivity index (χ2n) is 11.4. The molecule has 5 rings (SSSR count). The van der Waals surface area contributed by atoms with Crippen molar-refractivity contribution in [1.82, 2.24) is 4.72 Å². The minimum absolute atomic E-state index is 0.0352. The van der Waals surface area contributed by atoms with Crippen LogP contribution in [0.1, 0.15) is 46.6 Å². The number of benzene rings is 4. The van der Waals surface area contributed by atoms with Crippen molar-refractivity contribution < 1.29 is 32.9 Å². The molecule has 47 heavy (non-hydrogen) atoms. The largest absolute Gasteiger partial charge is 0.396 e. The third-order valence-electron chi connectivity index (χ3n) is 7.83. The number of ether oxygens (including phenoxy) is 2. The van der Waals surface area contributed by atoms with Crippen molar-refractivity contribution in [1.29, 1.82) is 0 Å². The molecule has 0 aliphatic carbocycles. The fourth-order valence-electron chi connectivity index (χ4n) is 5.27. The van der Waals surface area contributed by atoms with E-state index < -0.39 is 28.3 Å². The number of carbonyl (C=O) groups excluding carboxylic acids is 1. The van der Waals surface area contributed by atoms with Crippen molar-refractivity contribution in [3.05, 3.63) is 131 Å². The number of nitrogens with one attached hydrogen (secondary N) is 2. The van der Waals surface area contributed by atoms with Crippen LogP contribution in [0.3, 0.4) is 0 Å². The van der Waals surface area contributed by atoms with E-state index in [4.69, 9.17) is 9.47 Å². The van der Waals surface area contributed by atoms with E-state index in [1.165, 1.54) is 12.1 Å². The normalized spacial score (nSPS) is 18.8. The molecule has 11 heteroatoms. The summed E-state index contributed by atoms with van der Waals surface area (Å²) in [6, 6.07) is 29.4. The van der Waals surface area contributed by atoms with Gasteiger partial charge in [-0.25, -0.2) is 8.42 Å². The molecular formula is C36H40N2O7S2. The van der Waals surface area contributed by atoms with Gasteiger partial charge in [0.1, 0.15) is 6.04 Å². The number of aliphatic hydroxyl groups is 2. The molecule has 4 atom stereocenters. The van der Waals surface area contributed by atoms with Gasteiger partial charge in [-0.05, 0) is 54.3 Å². The summed E-state index contributed by atoms with van der Waals surface area (Å²) in [6.07, 6.45) is -0.213. The van der Waals surface area contributed by atoms with Crippen LogP contribution in [0.4, 0.5) is 5.69 Å². The predicted molar refractivity (Wildman–Crippen MR) is 183 cm³/mol. The average molecular weight is 677 g/mol. The lowest BCUT2D eigenvalue weighted by Gasteiger charge is -2.36. The highest BCUT2D eigenvalue weighted by Gasteiger charge is 2.32. The molecule has 1 fully saturated rings. The second-order valence-corrected chi connectivity index (χ2v) is 14.3. The van der Waals surface area contributed by atoms with Crippen molar-refractivity contribution in [2.24, 2.45) is 0 Å². The number of hydrogen-bond donors (Lipinski definition) is 4. The summed E-state index contributed by atoms with van der Waals surface area (Å²) in [7, 11) is -3.97. The molecule has 1 amide bonds. The lowest BCUT2D eigenvalue weighted by atomic mass is 10.0. The Morgan fingerprint density at radius 1 is 0.872 bits per heavy atom. The number of anilines is 1. The Labute approximate surface area is 280 Å². The maximum absolute atomic E-state index is 13.6. The quantitative estimate of drug-likeness (QED) is 0.133. The van der Waals surface area contributed by atoms with Crippen molar-refractivity contribution in [2.75, 3.05) is 23.4 Å². The monoisotopic (exact) mass is 676 g/mol. The minimum atomic E-state index is -3.97. The minimum Gasteiger partial charge on any atom is -0.396 e. The van der Waals surface area contributed by atoms with E-state index in [2.05, 4.69) is 10.0 Å². The zero-order valence-electron chi connectivity index (χ0n) is 26.1. The van der Waals surface area contributed by atoms with Crippen LogP contribution in [0.15, 0.2) is 108 Å². The van der Waals surface area contributed by atoms with E-state index in [1.54, 1.807) is 36.0 Å². The first kappa shape index (κ1) is 34.8. The van der Waals surface area contributed by atoms with Crippen LogP contribution in [-0.4, -0.2) is 54.8 Å². The van der Waals surface area contributed by atoms with E-state index >= 15 is 0 Å². The van der Waals surface area contributed by atoms with Crippen LogP contribution in [0.5, 0.6) is 0 Å². The fraction of sp³-hybridized carbons (Fsp3) is 0.306. The van der Waals surface area contributed by atoms with Gasteiger partial charge in [0.15, 0.2) is 6.29 Å². The highest BCUT2D eigenvalue weighted by molar-refractivity contribution is 7.99. The summed E-state index contributed by atoms with van der Waals surface area (Å²) in [4.78, 5) is 13.6.